The Morgan fingerprint density at radius 3 is 2.73 bits per heavy atom. The average Bonchev–Trinajstić information content (AvgIpc) is 2.29. The van der Waals surface area contributed by atoms with E-state index in [0.29, 0.717) is 5.56 Å². The van der Waals surface area contributed by atoms with Crippen LogP contribution in [0.1, 0.15) is 10.4 Å². The van der Waals surface area contributed by atoms with E-state index >= 15 is 0 Å². The van der Waals surface area contributed by atoms with Gasteiger partial charge in [-0.2, -0.15) is 0 Å². The molecule has 0 aliphatic rings. The van der Waals surface area contributed by atoms with Gasteiger partial charge in [-0.15, -0.1) is 0 Å². The molecule has 0 atom stereocenters. The second-order valence-corrected chi connectivity index (χ2v) is 4.26. The zero-order valence-corrected chi connectivity index (χ0v) is 10.3. The Kier molecular flexibility index (Phi) is 2.90. The Morgan fingerprint density at radius 2 is 2.07 bits per heavy atom. The van der Waals surface area contributed by atoms with Crippen LogP contribution in [0.3, 0.4) is 0 Å². The number of carbonyl (C=O) groups is 1. The van der Waals surface area contributed by atoms with Gasteiger partial charge in [-0.25, -0.2) is 0 Å². The van der Waals surface area contributed by atoms with Crippen LogP contribution in [0.5, 0.6) is 5.75 Å². The molecule has 2 nitrogen and oxygen atoms in total. The number of hydrogen-bond donors (Lipinski definition) is 0. The Balaban J connectivity index is 2.73. The first-order valence-electron chi connectivity index (χ1n) is 4.47. The van der Waals surface area contributed by atoms with Crippen molar-refractivity contribution in [2.45, 2.75) is 0 Å². The van der Waals surface area contributed by atoms with E-state index in [1.54, 1.807) is 7.11 Å². The van der Waals surface area contributed by atoms with Crippen LogP contribution in [-0.2, 0) is 0 Å². The molecule has 76 valence electrons. The molecule has 0 aliphatic carbocycles. The van der Waals surface area contributed by atoms with Gasteiger partial charge in [0.1, 0.15) is 12.0 Å². The van der Waals surface area contributed by atoms with E-state index in [2.05, 4.69) is 22.6 Å². The number of fused-ring (bicyclic) bond motifs is 1. The van der Waals surface area contributed by atoms with Crippen LogP contribution >= 0.6 is 22.6 Å². The van der Waals surface area contributed by atoms with Crippen molar-refractivity contribution in [1.29, 1.82) is 0 Å². The minimum Gasteiger partial charge on any atom is -0.496 e. The molecule has 15 heavy (non-hydrogen) atoms. The molecule has 0 unspecified atom stereocenters. The van der Waals surface area contributed by atoms with Gasteiger partial charge >= 0.3 is 0 Å². The van der Waals surface area contributed by atoms with Crippen LogP contribution in [0.15, 0.2) is 30.3 Å². The fraction of sp³-hybridized carbons (Fsp3) is 0.0833. The predicted molar refractivity (Wildman–Crippen MR) is 68.6 cm³/mol. The lowest BCUT2D eigenvalue weighted by atomic mass is 10.1. The SMILES string of the molecule is COc1ccc2cc(C=O)ccc2c1I. The molecule has 0 fully saturated rings. The van der Waals surface area contributed by atoms with Crippen molar-refractivity contribution >= 4 is 39.6 Å². The molecule has 0 bridgehead atoms. The third-order valence-electron chi connectivity index (χ3n) is 2.30. The zero-order valence-electron chi connectivity index (χ0n) is 8.16. The lowest BCUT2D eigenvalue weighted by Crippen LogP contribution is -1.89. The van der Waals surface area contributed by atoms with Gasteiger partial charge in [0.15, 0.2) is 0 Å². The molecular weight excluding hydrogens is 303 g/mol. The third kappa shape index (κ3) is 1.84. The first kappa shape index (κ1) is 10.4. The Labute approximate surface area is 101 Å². The van der Waals surface area contributed by atoms with Crippen LogP contribution < -0.4 is 4.74 Å². The van der Waals surface area contributed by atoms with Crippen LogP contribution in [0.25, 0.3) is 10.8 Å². The van der Waals surface area contributed by atoms with Gasteiger partial charge in [0.05, 0.1) is 10.7 Å². The Morgan fingerprint density at radius 1 is 1.27 bits per heavy atom. The quantitative estimate of drug-likeness (QED) is 0.628. The summed E-state index contributed by atoms with van der Waals surface area (Å²) in [5, 5.41) is 2.17. The van der Waals surface area contributed by atoms with Gasteiger partial charge in [-0.3, -0.25) is 4.79 Å². The summed E-state index contributed by atoms with van der Waals surface area (Å²) in [4.78, 5) is 10.6. The maximum Gasteiger partial charge on any atom is 0.150 e. The molecule has 3 heteroatoms. The molecule has 0 radical (unpaired) electrons. The maximum atomic E-state index is 10.6. The van der Waals surface area contributed by atoms with Crippen molar-refractivity contribution in [3.05, 3.63) is 39.5 Å². The van der Waals surface area contributed by atoms with Gasteiger partial charge in [-0.05, 0) is 45.5 Å². The van der Waals surface area contributed by atoms with Crippen molar-refractivity contribution in [3.8, 4) is 5.75 Å². The highest BCUT2D eigenvalue weighted by atomic mass is 127. The molecule has 0 saturated heterocycles. The summed E-state index contributed by atoms with van der Waals surface area (Å²) >= 11 is 2.25. The Bertz CT molecular complexity index is 520. The minimum absolute atomic E-state index is 0.698. The van der Waals surface area contributed by atoms with Crippen molar-refractivity contribution < 1.29 is 9.53 Å². The molecule has 0 N–H and O–H groups in total. The van der Waals surface area contributed by atoms with Crippen LogP contribution in [-0.4, -0.2) is 13.4 Å². The maximum absolute atomic E-state index is 10.6. The van der Waals surface area contributed by atoms with Crippen LogP contribution in [0, 0.1) is 3.57 Å². The van der Waals surface area contributed by atoms with Crippen molar-refractivity contribution in [2.24, 2.45) is 0 Å². The lowest BCUT2D eigenvalue weighted by Gasteiger charge is -2.06. The average molecular weight is 312 g/mol. The van der Waals surface area contributed by atoms with Crippen molar-refractivity contribution in [3.63, 3.8) is 0 Å². The van der Waals surface area contributed by atoms with E-state index in [1.807, 2.05) is 30.3 Å². The third-order valence-corrected chi connectivity index (χ3v) is 3.41. The molecule has 0 spiro atoms. The number of hydrogen-bond acceptors (Lipinski definition) is 2. The number of carbonyl (C=O) groups excluding carboxylic acids is 1. The molecule has 2 aromatic carbocycles. The smallest absolute Gasteiger partial charge is 0.150 e. The second kappa shape index (κ2) is 4.18. The van der Waals surface area contributed by atoms with E-state index in [1.165, 1.54) is 0 Å². The first-order chi connectivity index (χ1) is 7.26. The summed E-state index contributed by atoms with van der Waals surface area (Å²) in [6.45, 7) is 0. The second-order valence-electron chi connectivity index (χ2n) is 3.18. The van der Waals surface area contributed by atoms with Crippen LogP contribution in [0.2, 0.25) is 0 Å². The standard InChI is InChI=1S/C12H9IO2/c1-15-11-5-3-9-6-8(7-14)2-4-10(9)12(11)13/h2-7H,1H3. The van der Waals surface area contributed by atoms with Crippen molar-refractivity contribution in [1.82, 2.24) is 0 Å². The van der Waals surface area contributed by atoms with E-state index in [-0.39, 0.29) is 0 Å². The predicted octanol–water partition coefficient (Wildman–Crippen LogP) is 3.27. The summed E-state index contributed by atoms with van der Waals surface area (Å²) in [6, 6.07) is 9.52. The summed E-state index contributed by atoms with van der Waals surface area (Å²) in [5.41, 5.74) is 0.698. The number of halogens is 1. The highest BCUT2D eigenvalue weighted by molar-refractivity contribution is 14.1. The topological polar surface area (TPSA) is 26.3 Å². The molecule has 0 saturated carbocycles. The fourth-order valence-electron chi connectivity index (χ4n) is 1.52. The zero-order chi connectivity index (χ0) is 10.8. The Hall–Kier alpha value is -1.10. The highest BCUT2D eigenvalue weighted by Gasteiger charge is 2.05. The number of rotatable bonds is 2. The molecule has 0 heterocycles. The number of methoxy groups -OCH3 is 1. The van der Waals surface area contributed by atoms with Crippen molar-refractivity contribution in [2.75, 3.05) is 7.11 Å². The molecule has 0 aromatic heterocycles. The number of ether oxygens (including phenoxy) is 1. The number of benzene rings is 2. The highest BCUT2D eigenvalue weighted by Crippen LogP contribution is 2.29. The largest absolute Gasteiger partial charge is 0.496 e. The van der Waals surface area contributed by atoms with Gasteiger partial charge < -0.3 is 4.74 Å². The number of aldehydes is 1. The van der Waals surface area contributed by atoms with Gasteiger partial charge in [0, 0.05) is 5.56 Å². The summed E-state index contributed by atoms with van der Waals surface area (Å²) in [5.74, 6) is 0.863. The van der Waals surface area contributed by atoms with E-state index in [4.69, 9.17) is 4.74 Å². The lowest BCUT2D eigenvalue weighted by molar-refractivity contribution is 0.112. The van der Waals surface area contributed by atoms with Gasteiger partial charge in [-0.1, -0.05) is 18.2 Å². The fourth-order valence-corrected chi connectivity index (χ4v) is 2.41. The van der Waals surface area contributed by atoms with E-state index in [9.17, 15) is 4.79 Å². The van der Waals surface area contributed by atoms with Crippen LogP contribution in [0.4, 0.5) is 0 Å². The molecule has 0 aliphatic heterocycles. The molecule has 0 amide bonds. The monoisotopic (exact) mass is 312 g/mol. The van der Waals surface area contributed by atoms with Gasteiger partial charge in [0.2, 0.25) is 0 Å². The summed E-state index contributed by atoms with van der Waals surface area (Å²) < 4.78 is 6.31. The van der Waals surface area contributed by atoms with E-state index < -0.39 is 0 Å². The summed E-state index contributed by atoms with van der Waals surface area (Å²) in [6.07, 6.45) is 0.858. The first-order valence-corrected chi connectivity index (χ1v) is 5.55. The van der Waals surface area contributed by atoms with Gasteiger partial charge in [0.25, 0.3) is 0 Å². The van der Waals surface area contributed by atoms with E-state index in [0.717, 1.165) is 26.4 Å². The molecular formula is C12H9IO2. The molecule has 2 aromatic rings. The summed E-state index contributed by atoms with van der Waals surface area (Å²) in [7, 11) is 1.66. The molecule has 2 rings (SSSR count). The minimum atomic E-state index is 0.698. The normalized spacial score (nSPS) is 10.3.